The minimum absolute atomic E-state index is 0.417. The van der Waals surface area contributed by atoms with Crippen molar-refractivity contribution in [3.05, 3.63) is 34.9 Å². The lowest BCUT2D eigenvalue weighted by molar-refractivity contribution is -0.137. The van der Waals surface area contributed by atoms with Gasteiger partial charge in [-0.25, -0.2) is 0 Å². The van der Waals surface area contributed by atoms with Crippen molar-refractivity contribution in [1.82, 2.24) is 4.90 Å². The normalized spacial score (nSPS) is 19.4. The maximum Gasteiger partial charge on any atom is 0.416 e. The maximum absolute atomic E-state index is 12.8. The third-order valence-electron chi connectivity index (χ3n) is 4.37. The highest BCUT2D eigenvalue weighted by atomic mass is 19.4. The zero-order valence-corrected chi connectivity index (χ0v) is 12.4. The SMILES string of the molecule is CCN(CCN)C1CCc2ccc(C(F)(F)F)cc2CC1. The van der Waals surface area contributed by atoms with Gasteiger partial charge >= 0.3 is 6.18 Å². The fourth-order valence-electron chi connectivity index (χ4n) is 3.20. The fraction of sp³-hybridized carbons (Fsp3) is 0.625. The minimum Gasteiger partial charge on any atom is -0.329 e. The molecule has 0 saturated carbocycles. The Labute approximate surface area is 124 Å². The average molecular weight is 300 g/mol. The van der Waals surface area contributed by atoms with Gasteiger partial charge in [-0.3, -0.25) is 4.90 Å². The van der Waals surface area contributed by atoms with Gasteiger partial charge in [0, 0.05) is 19.1 Å². The smallest absolute Gasteiger partial charge is 0.329 e. The van der Waals surface area contributed by atoms with Crippen molar-refractivity contribution in [3.63, 3.8) is 0 Å². The van der Waals surface area contributed by atoms with Crippen LogP contribution in [0.25, 0.3) is 0 Å². The highest BCUT2D eigenvalue weighted by Gasteiger charge is 2.31. The van der Waals surface area contributed by atoms with E-state index < -0.39 is 11.7 Å². The Balaban J connectivity index is 2.14. The predicted octanol–water partition coefficient (Wildman–Crippen LogP) is 3.23. The van der Waals surface area contributed by atoms with Crippen molar-refractivity contribution < 1.29 is 13.2 Å². The molecule has 0 aromatic heterocycles. The molecule has 1 aromatic carbocycles. The first-order valence-electron chi connectivity index (χ1n) is 7.58. The van der Waals surface area contributed by atoms with Crippen LogP contribution >= 0.6 is 0 Å². The molecule has 0 aliphatic heterocycles. The van der Waals surface area contributed by atoms with Crippen molar-refractivity contribution in [2.75, 3.05) is 19.6 Å². The van der Waals surface area contributed by atoms with Gasteiger partial charge in [0.25, 0.3) is 0 Å². The van der Waals surface area contributed by atoms with Gasteiger partial charge in [0.05, 0.1) is 5.56 Å². The number of halogens is 3. The number of nitrogens with two attached hydrogens (primary N) is 1. The van der Waals surface area contributed by atoms with Crippen LogP contribution in [0, 0.1) is 0 Å². The summed E-state index contributed by atoms with van der Waals surface area (Å²) in [5.41, 5.74) is 7.02. The lowest BCUT2D eigenvalue weighted by atomic mass is 10.00. The van der Waals surface area contributed by atoms with Crippen molar-refractivity contribution in [2.24, 2.45) is 5.73 Å². The van der Waals surface area contributed by atoms with E-state index in [0.717, 1.165) is 43.5 Å². The fourth-order valence-corrected chi connectivity index (χ4v) is 3.20. The Morgan fingerprint density at radius 3 is 2.43 bits per heavy atom. The molecular weight excluding hydrogens is 277 g/mol. The molecule has 2 nitrogen and oxygen atoms in total. The van der Waals surface area contributed by atoms with E-state index in [1.165, 1.54) is 12.1 Å². The molecule has 1 aliphatic carbocycles. The number of aryl methyl sites for hydroxylation is 2. The molecule has 1 unspecified atom stereocenters. The molecule has 2 N–H and O–H groups in total. The van der Waals surface area contributed by atoms with E-state index in [9.17, 15) is 13.2 Å². The molecule has 1 aromatic rings. The first-order valence-corrected chi connectivity index (χ1v) is 7.58. The number of hydrogen-bond donors (Lipinski definition) is 1. The molecule has 0 saturated heterocycles. The number of alkyl halides is 3. The van der Waals surface area contributed by atoms with Crippen LogP contribution in [0.4, 0.5) is 13.2 Å². The van der Waals surface area contributed by atoms with Gasteiger partial charge in [0.1, 0.15) is 0 Å². The van der Waals surface area contributed by atoms with Crippen LogP contribution in [0.1, 0.15) is 36.5 Å². The van der Waals surface area contributed by atoms with Crippen LogP contribution in [0.3, 0.4) is 0 Å². The highest BCUT2D eigenvalue weighted by molar-refractivity contribution is 5.34. The van der Waals surface area contributed by atoms with Crippen LogP contribution in [-0.2, 0) is 19.0 Å². The molecule has 0 heterocycles. The minimum atomic E-state index is -4.25. The van der Waals surface area contributed by atoms with Gasteiger partial charge in [0.15, 0.2) is 0 Å². The highest BCUT2D eigenvalue weighted by Crippen LogP contribution is 2.32. The molecule has 21 heavy (non-hydrogen) atoms. The molecule has 0 spiro atoms. The van der Waals surface area contributed by atoms with E-state index in [-0.39, 0.29) is 0 Å². The second-order valence-corrected chi connectivity index (χ2v) is 5.63. The van der Waals surface area contributed by atoms with E-state index in [4.69, 9.17) is 5.73 Å². The number of hydrogen-bond acceptors (Lipinski definition) is 2. The Hall–Kier alpha value is -1.07. The van der Waals surface area contributed by atoms with Gasteiger partial charge in [-0.15, -0.1) is 0 Å². The van der Waals surface area contributed by atoms with E-state index in [0.29, 0.717) is 19.0 Å². The second kappa shape index (κ2) is 6.79. The topological polar surface area (TPSA) is 29.3 Å². The summed E-state index contributed by atoms with van der Waals surface area (Å²) in [5, 5.41) is 0. The number of likely N-dealkylation sites (N-methyl/N-ethyl adjacent to an activating group) is 1. The van der Waals surface area contributed by atoms with Crippen molar-refractivity contribution >= 4 is 0 Å². The van der Waals surface area contributed by atoms with Crippen molar-refractivity contribution in [1.29, 1.82) is 0 Å². The Kier molecular flexibility index (Phi) is 5.27. The van der Waals surface area contributed by atoms with E-state index in [2.05, 4.69) is 11.8 Å². The quantitative estimate of drug-likeness (QED) is 0.865. The van der Waals surface area contributed by atoms with Gasteiger partial charge in [-0.05, 0) is 55.5 Å². The molecule has 0 bridgehead atoms. The lowest BCUT2D eigenvalue weighted by Gasteiger charge is -2.29. The second-order valence-electron chi connectivity index (χ2n) is 5.63. The number of rotatable bonds is 4. The third kappa shape index (κ3) is 3.98. The van der Waals surface area contributed by atoms with Crippen molar-refractivity contribution in [2.45, 2.75) is 44.8 Å². The van der Waals surface area contributed by atoms with Crippen LogP contribution in [-0.4, -0.2) is 30.6 Å². The molecule has 118 valence electrons. The lowest BCUT2D eigenvalue weighted by Crippen LogP contribution is -2.38. The monoisotopic (exact) mass is 300 g/mol. The van der Waals surface area contributed by atoms with Crippen LogP contribution in [0.2, 0.25) is 0 Å². The third-order valence-corrected chi connectivity index (χ3v) is 4.37. The molecular formula is C16H23F3N2. The van der Waals surface area contributed by atoms with Crippen LogP contribution in [0.15, 0.2) is 18.2 Å². The standard InChI is InChI=1S/C16H23F3N2/c1-2-21(10-9-20)15-7-4-12-3-6-14(16(17,18)19)11-13(12)5-8-15/h3,6,11,15H,2,4-5,7-10,20H2,1H3. The van der Waals surface area contributed by atoms with Gasteiger partial charge < -0.3 is 5.73 Å². The summed E-state index contributed by atoms with van der Waals surface area (Å²) in [6.45, 7) is 4.52. The van der Waals surface area contributed by atoms with E-state index in [1.807, 2.05) is 0 Å². The van der Waals surface area contributed by atoms with E-state index >= 15 is 0 Å². The Morgan fingerprint density at radius 2 is 1.86 bits per heavy atom. The molecule has 0 fully saturated rings. The predicted molar refractivity (Wildman–Crippen MR) is 78.2 cm³/mol. The molecule has 0 amide bonds. The van der Waals surface area contributed by atoms with Crippen LogP contribution in [0.5, 0.6) is 0 Å². The number of fused-ring (bicyclic) bond motifs is 1. The molecule has 0 radical (unpaired) electrons. The van der Waals surface area contributed by atoms with Crippen molar-refractivity contribution in [3.8, 4) is 0 Å². The number of benzene rings is 1. The maximum atomic E-state index is 12.8. The zero-order valence-electron chi connectivity index (χ0n) is 12.4. The zero-order chi connectivity index (χ0) is 15.5. The van der Waals surface area contributed by atoms with Gasteiger partial charge in [-0.2, -0.15) is 13.2 Å². The van der Waals surface area contributed by atoms with Crippen LogP contribution < -0.4 is 5.73 Å². The summed E-state index contributed by atoms with van der Waals surface area (Å²) in [6.07, 6.45) is -0.797. The molecule has 1 atom stereocenters. The summed E-state index contributed by atoms with van der Waals surface area (Å²) in [6, 6.07) is 4.60. The summed E-state index contributed by atoms with van der Waals surface area (Å²) in [4.78, 5) is 2.34. The first-order chi connectivity index (χ1) is 9.95. The average Bonchev–Trinajstić information content (AvgIpc) is 2.65. The van der Waals surface area contributed by atoms with E-state index in [1.54, 1.807) is 6.07 Å². The Morgan fingerprint density at radius 1 is 1.19 bits per heavy atom. The Bertz CT molecular complexity index is 471. The summed E-state index contributed by atoms with van der Waals surface area (Å²) in [7, 11) is 0. The first kappa shape index (κ1) is 16.3. The summed E-state index contributed by atoms with van der Waals surface area (Å²) >= 11 is 0. The van der Waals surface area contributed by atoms with Gasteiger partial charge in [-0.1, -0.05) is 13.0 Å². The molecule has 2 rings (SSSR count). The van der Waals surface area contributed by atoms with Gasteiger partial charge in [0.2, 0.25) is 0 Å². The largest absolute Gasteiger partial charge is 0.416 e. The summed E-state index contributed by atoms with van der Waals surface area (Å²) in [5.74, 6) is 0. The summed E-state index contributed by atoms with van der Waals surface area (Å²) < 4.78 is 38.4. The number of nitrogens with zero attached hydrogens (tertiary/aromatic N) is 1. The molecule has 1 aliphatic rings. The molecule has 5 heteroatoms.